The zero-order valence-corrected chi connectivity index (χ0v) is 10.5. The number of anilines is 1. The summed E-state index contributed by atoms with van der Waals surface area (Å²) >= 11 is 5.83. The standard InChI is InChI=1S/C14H11ClN2O/c1-3-10-5-4-6-12(7-10)16-14(18)13-8-11(15)9-17(13)2/h1,4-9H,2H3,(H,16,18). The first-order valence-electron chi connectivity index (χ1n) is 5.30. The zero-order valence-electron chi connectivity index (χ0n) is 9.77. The minimum Gasteiger partial charge on any atom is -0.345 e. The highest BCUT2D eigenvalue weighted by Crippen LogP contribution is 2.15. The molecule has 90 valence electrons. The van der Waals surface area contributed by atoms with Crippen molar-refractivity contribution < 1.29 is 4.79 Å². The van der Waals surface area contributed by atoms with Gasteiger partial charge in [0.1, 0.15) is 5.69 Å². The third-order valence-corrected chi connectivity index (χ3v) is 2.70. The Bertz CT molecular complexity index is 637. The number of aromatic nitrogens is 1. The number of carbonyl (C=O) groups is 1. The second-order valence-electron chi connectivity index (χ2n) is 3.83. The molecule has 0 aliphatic carbocycles. The van der Waals surface area contributed by atoms with E-state index in [0.29, 0.717) is 16.4 Å². The van der Waals surface area contributed by atoms with Crippen LogP contribution in [0, 0.1) is 12.3 Å². The zero-order chi connectivity index (χ0) is 13.1. The van der Waals surface area contributed by atoms with Gasteiger partial charge in [0, 0.05) is 24.5 Å². The van der Waals surface area contributed by atoms with Crippen LogP contribution >= 0.6 is 11.6 Å². The molecular formula is C14H11ClN2O. The lowest BCUT2D eigenvalue weighted by molar-refractivity contribution is 0.101. The minimum absolute atomic E-state index is 0.224. The normalized spacial score (nSPS) is 9.83. The number of aryl methyl sites for hydroxylation is 1. The third kappa shape index (κ3) is 2.55. The quantitative estimate of drug-likeness (QED) is 0.826. The largest absolute Gasteiger partial charge is 0.345 e. The summed E-state index contributed by atoms with van der Waals surface area (Å²) < 4.78 is 1.67. The number of nitrogens with zero attached hydrogens (tertiary/aromatic N) is 1. The molecule has 0 radical (unpaired) electrons. The van der Waals surface area contributed by atoms with Crippen molar-refractivity contribution >= 4 is 23.2 Å². The highest BCUT2D eigenvalue weighted by molar-refractivity contribution is 6.31. The molecule has 2 rings (SSSR count). The van der Waals surface area contributed by atoms with Gasteiger partial charge in [-0.2, -0.15) is 0 Å². The summed E-state index contributed by atoms with van der Waals surface area (Å²) in [4.78, 5) is 12.0. The monoisotopic (exact) mass is 258 g/mol. The van der Waals surface area contributed by atoms with E-state index in [1.807, 2.05) is 0 Å². The fraction of sp³-hybridized carbons (Fsp3) is 0.0714. The Hall–Kier alpha value is -2.18. The van der Waals surface area contributed by atoms with Gasteiger partial charge in [-0.3, -0.25) is 4.79 Å². The molecule has 0 saturated carbocycles. The van der Waals surface area contributed by atoms with Crippen molar-refractivity contribution in [1.82, 2.24) is 4.57 Å². The lowest BCUT2D eigenvalue weighted by Gasteiger charge is -2.06. The topological polar surface area (TPSA) is 34.0 Å². The number of nitrogens with one attached hydrogen (secondary N) is 1. The van der Waals surface area contributed by atoms with Crippen LogP contribution in [0.3, 0.4) is 0 Å². The number of halogens is 1. The van der Waals surface area contributed by atoms with Crippen LogP contribution in [-0.2, 0) is 7.05 Å². The first-order chi connectivity index (χ1) is 8.60. The highest BCUT2D eigenvalue weighted by atomic mass is 35.5. The number of rotatable bonds is 2. The van der Waals surface area contributed by atoms with E-state index in [2.05, 4.69) is 11.2 Å². The molecule has 1 heterocycles. The second-order valence-corrected chi connectivity index (χ2v) is 4.27. The molecule has 2 aromatic rings. The molecule has 0 aliphatic rings. The van der Waals surface area contributed by atoms with E-state index in [0.717, 1.165) is 5.56 Å². The summed E-state index contributed by atoms with van der Waals surface area (Å²) in [5.74, 6) is 2.29. The summed E-state index contributed by atoms with van der Waals surface area (Å²) in [7, 11) is 1.76. The van der Waals surface area contributed by atoms with Crippen LogP contribution in [0.25, 0.3) is 0 Å². The van der Waals surface area contributed by atoms with E-state index in [9.17, 15) is 4.79 Å². The Balaban J connectivity index is 2.21. The minimum atomic E-state index is -0.224. The van der Waals surface area contributed by atoms with Crippen LogP contribution in [0.4, 0.5) is 5.69 Å². The lowest BCUT2D eigenvalue weighted by atomic mass is 10.2. The fourth-order valence-electron chi connectivity index (χ4n) is 1.63. The van der Waals surface area contributed by atoms with Crippen LogP contribution < -0.4 is 5.32 Å². The van der Waals surface area contributed by atoms with Crippen molar-refractivity contribution in [3.8, 4) is 12.3 Å². The first-order valence-corrected chi connectivity index (χ1v) is 5.68. The Morgan fingerprint density at radius 2 is 2.22 bits per heavy atom. The van der Waals surface area contributed by atoms with Crippen molar-refractivity contribution in [1.29, 1.82) is 0 Å². The Morgan fingerprint density at radius 1 is 1.44 bits per heavy atom. The van der Waals surface area contributed by atoms with Gasteiger partial charge < -0.3 is 9.88 Å². The second kappa shape index (κ2) is 4.99. The molecule has 0 spiro atoms. The third-order valence-electron chi connectivity index (χ3n) is 2.49. The first kappa shape index (κ1) is 12.3. The summed E-state index contributed by atoms with van der Waals surface area (Å²) in [5.41, 5.74) is 1.87. The molecule has 0 saturated heterocycles. The van der Waals surface area contributed by atoms with E-state index in [1.54, 1.807) is 48.1 Å². The molecule has 1 N–H and O–H groups in total. The van der Waals surface area contributed by atoms with Crippen molar-refractivity contribution in [3.05, 3.63) is 52.8 Å². The van der Waals surface area contributed by atoms with Gasteiger partial charge in [-0.25, -0.2) is 0 Å². The van der Waals surface area contributed by atoms with Gasteiger partial charge in [-0.1, -0.05) is 23.6 Å². The predicted molar refractivity (Wildman–Crippen MR) is 72.8 cm³/mol. The number of amides is 1. The maximum atomic E-state index is 12.0. The van der Waals surface area contributed by atoms with E-state index < -0.39 is 0 Å². The van der Waals surface area contributed by atoms with Gasteiger partial charge in [0.05, 0.1) is 5.02 Å². The molecule has 0 atom stereocenters. The Morgan fingerprint density at radius 3 is 2.83 bits per heavy atom. The van der Waals surface area contributed by atoms with Crippen molar-refractivity contribution in [2.45, 2.75) is 0 Å². The average molecular weight is 259 g/mol. The molecule has 4 heteroatoms. The number of hydrogen-bond acceptors (Lipinski definition) is 1. The maximum absolute atomic E-state index is 12.0. The number of hydrogen-bond donors (Lipinski definition) is 1. The Labute approximate surface area is 110 Å². The average Bonchev–Trinajstić information content (AvgIpc) is 2.69. The summed E-state index contributed by atoms with van der Waals surface area (Å²) in [5, 5.41) is 3.30. The summed E-state index contributed by atoms with van der Waals surface area (Å²) in [6.45, 7) is 0. The van der Waals surface area contributed by atoms with Crippen molar-refractivity contribution in [2.75, 3.05) is 5.32 Å². The van der Waals surface area contributed by atoms with Gasteiger partial charge in [0.25, 0.3) is 5.91 Å². The predicted octanol–water partition coefficient (Wildman–Crippen LogP) is 2.91. The summed E-state index contributed by atoms with van der Waals surface area (Å²) in [6.07, 6.45) is 6.98. The number of carbonyl (C=O) groups excluding carboxylic acids is 1. The van der Waals surface area contributed by atoms with E-state index in [4.69, 9.17) is 18.0 Å². The van der Waals surface area contributed by atoms with Crippen LogP contribution in [0.1, 0.15) is 16.1 Å². The summed E-state index contributed by atoms with van der Waals surface area (Å²) in [6, 6.07) is 8.73. The van der Waals surface area contributed by atoms with Gasteiger partial charge in [0.15, 0.2) is 0 Å². The van der Waals surface area contributed by atoms with Gasteiger partial charge in [-0.15, -0.1) is 6.42 Å². The van der Waals surface area contributed by atoms with Gasteiger partial charge in [0.2, 0.25) is 0 Å². The van der Waals surface area contributed by atoms with E-state index in [-0.39, 0.29) is 5.91 Å². The van der Waals surface area contributed by atoms with Gasteiger partial charge in [-0.05, 0) is 24.3 Å². The van der Waals surface area contributed by atoms with Crippen LogP contribution in [0.15, 0.2) is 36.5 Å². The van der Waals surface area contributed by atoms with Crippen molar-refractivity contribution in [3.63, 3.8) is 0 Å². The van der Waals surface area contributed by atoms with Crippen LogP contribution in [0.2, 0.25) is 5.02 Å². The Kier molecular flexibility index (Phi) is 3.40. The smallest absolute Gasteiger partial charge is 0.272 e. The van der Waals surface area contributed by atoms with E-state index >= 15 is 0 Å². The molecule has 1 aromatic carbocycles. The molecule has 1 aromatic heterocycles. The molecular weight excluding hydrogens is 248 g/mol. The maximum Gasteiger partial charge on any atom is 0.272 e. The van der Waals surface area contributed by atoms with Crippen LogP contribution in [-0.4, -0.2) is 10.5 Å². The van der Waals surface area contributed by atoms with Crippen molar-refractivity contribution in [2.24, 2.45) is 7.05 Å². The number of benzene rings is 1. The highest BCUT2D eigenvalue weighted by Gasteiger charge is 2.11. The van der Waals surface area contributed by atoms with E-state index in [1.165, 1.54) is 0 Å². The SMILES string of the molecule is C#Cc1cccc(NC(=O)c2cc(Cl)cn2C)c1. The lowest BCUT2D eigenvalue weighted by Crippen LogP contribution is -2.15. The molecule has 1 amide bonds. The molecule has 0 unspecified atom stereocenters. The molecule has 0 bridgehead atoms. The fourth-order valence-corrected chi connectivity index (χ4v) is 1.88. The molecule has 3 nitrogen and oxygen atoms in total. The molecule has 18 heavy (non-hydrogen) atoms. The van der Waals surface area contributed by atoms with Crippen LogP contribution in [0.5, 0.6) is 0 Å². The molecule has 0 aliphatic heterocycles. The number of terminal acetylenes is 1. The molecule has 0 fully saturated rings. The van der Waals surface area contributed by atoms with Gasteiger partial charge >= 0.3 is 0 Å².